The van der Waals surface area contributed by atoms with Crippen LogP contribution < -0.4 is 5.73 Å². The molecule has 0 aliphatic rings. The lowest BCUT2D eigenvalue weighted by Gasteiger charge is -2.15. The molecule has 0 unspecified atom stereocenters. The summed E-state index contributed by atoms with van der Waals surface area (Å²) in [6, 6.07) is 4.59. The Morgan fingerprint density at radius 2 is 2.06 bits per heavy atom. The first-order valence-corrected chi connectivity index (χ1v) is 4.93. The normalized spacial score (nSPS) is 13.4. The molecule has 3 nitrogen and oxygen atoms in total. The molecule has 0 aromatic heterocycles. The van der Waals surface area contributed by atoms with Gasteiger partial charge in [-0.1, -0.05) is 18.2 Å². The Morgan fingerprint density at radius 1 is 1.41 bits per heavy atom. The minimum Gasteiger partial charge on any atom is -0.481 e. The first-order chi connectivity index (χ1) is 7.84. The van der Waals surface area contributed by atoms with E-state index in [1.807, 2.05) is 0 Å². The maximum Gasteiger partial charge on any atom is 0.416 e. The molecule has 6 heteroatoms. The van der Waals surface area contributed by atoms with Gasteiger partial charge in [-0.3, -0.25) is 4.79 Å². The number of aliphatic carboxylic acids is 1. The molecule has 0 bridgehead atoms. The highest BCUT2D eigenvalue weighted by Gasteiger charge is 2.31. The van der Waals surface area contributed by atoms with Crippen molar-refractivity contribution >= 4 is 5.97 Å². The van der Waals surface area contributed by atoms with Crippen LogP contribution >= 0.6 is 0 Å². The Labute approximate surface area is 96.0 Å². The van der Waals surface area contributed by atoms with E-state index in [2.05, 4.69) is 0 Å². The summed E-state index contributed by atoms with van der Waals surface area (Å²) >= 11 is 0. The van der Waals surface area contributed by atoms with Gasteiger partial charge in [-0.15, -0.1) is 0 Å². The number of halogens is 3. The van der Waals surface area contributed by atoms with Crippen molar-refractivity contribution in [1.82, 2.24) is 0 Å². The minimum absolute atomic E-state index is 0.00634. The smallest absolute Gasteiger partial charge is 0.416 e. The van der Waals surface area contributed by atoms with Crippen LogP contribution in [0.5, 0.6) is 0 Å². The number of alkyl halides is 3. The van der Waals surface area contributed by atoms with Gasteiger partial charge in [-0.05, 0) is 18.2 Å². The largest absolute Gasteiger partial charge is 0.481 e. The SMILES string of the molecule is NC[C@H](CC(=O)O)c1cccc(C(F)(F)F)c1. The van der Waals surface area contributed by atoms with Gasteiger partial charge < -0.3 is 10.8 Å². The lowest BCUT2D eigenvalue weighted by atomic mass is 9.94. The fraction of sp³-hybridized carbons (Fsp3) is 0.364. The molecule has 0 spiro atoms. The van der Waals surface area contributed by atoms with E-state index in [1.54, 1.807) is 0 Å². The van der Waals surface area contributed by atoms with Crippen LogP contribution in [-0.4, -0.2) is 17.6 Å². The monoisotopic (exact) mass is 247 g/mol. The number of carboxylic acids is 1. The number of benzene rings is 1. The Hall–Kier alpha value is -1.56. The summed E-state index contributed by atoms with van der Waals surface area (Å²) in [6.07, 6.45) is -4.71. The third kappa shape index (κ3) is 3.74. The van der Waals surface area contributed by atoms with Crippen molar-refractivity contribution in [1.29, 1.82) is 0 Å². The minimum atomic E-state index is -4.43. The van der Waals surface area contributed by atoms with Crippen LogP contribution in [0.25, 0.3) is 0 Å². The second-order valence-electron chi connectivity index (χ2n) is 3.65. The summed E-state index contributed by atoms with van der Waals surface area (Å²) in [5, 5.41) is 8.63. The molecule has 0 saturated carbocycles. The second-order valence-corrected chi connectivity index (χ2v) is 3.65. The Balaban J connectivity index is 3.01. The first-order valence-electron chi connectivity index (χ1n) is 4.93. The molecule has 0 heterocycles. The Bertz CT molecular complexity index is 404. The standard InChI is InChI=1S/C11H12F3NO2/c12-11(13,14)9-3-1-2-7(4-9)8(6-15)5-10(16)17/h1-4,8H,5-6,15H2,(H,16,17)/t8-/m0/s1. The summed E-state index contributed by atoms with van der Waals surface area (Å²) in [7, 11) is 0. The molecule has 0 aliphatic heterocycles. The number of nitrogens with two attached hydrogens (primary N) is 1. The lowest BCUT2D eigenvalue weighted by molar-refractivity contribution is -0.138. The topological polar surface area (TPSA) is 63.3 Å². The van der Waals surface area contributed by atoms with E-state index in [0.29, 0.717) is 5.56 Å². The van der Waals surface area contributed by atoms with Gasteiger partial charge in [0, 0.05) is 5.92 Å². The van der Waals surface area contributed by atoms with Crippen molar-refractivity contribution in [2.75, 3.05) is 6.54 Å². The van der Waals surface area contributed by atoms with Crippen molar-refractivity contribution in [2.45, 2.75) is 18.5 Å². The van der Waals surface area contributed by atoms with Gasteiger partial charge in [0.2, 0.25) is 0 Å². The summed E-state index contributed by atoms with van der Waals surface area (Å²) in [5.74, 6) is -1.69. The van der Waals surface area contributed by atoms with Crippen molar-refractivity contribution in [3.8, 4) is 0 Å². The van der Waals surface area contributed by atoms with Crippen LogP contribution in [0.4, 0.5) is 13.2 Å². The maximum atomic E-state index is 12.5. The highest BCUT2D eigenvalue weighted by atomic mass is 19.4. The molecular weight excluding hydrogens is 235 g/mol. The fourth-order valence-corrected chi connectivity index (χ4v) is 1.52. The molecule has 0 saturated heterocycles. The number of carbonyl (C=O) groups is 1. The van der Waals surface area contributed by atoms with Crippen molar-refractivity contribution in [3.05, 3.63) is 35.4 Å². The molecule has 0 amide bonds. The molecular formula is C11H12F3NO2. The van der Waals surface area contributed by atoms with Gasteiger partial charge in [0.05, 0.1) is 12.0 Å². The zero-order valence-electron chi connectivity index (χ0n) is 8.87. The number of hydrogen-bond acceptors (Lipinski definition) is 2. The molecule has 0 fully saturated rings. The van der Waals surface area contributed by atoms with E-state index in [1.165, 1.54) is 12.1 Å². The highest BCUT2D eigenvalue weighted by molar-refractivity contribution is 5.68. The zero-order valence-corrected chi connectivity index (χ0v) is 8.87. The molecule has 1 rings (SSSR count). The zero-order chi connectivity index (χ0) is 13.1. The number of carboxylic acid groups (broad SMARTS) is 1. The summed E-state index contributed by atoms with van der Waals surface area (Å²) < 4.78 is 37.4. The first kappa shape index (κ1) is 13.5. The molecule has 94 valence electrons. The van der Waals surface area contributed by atoms with Gasteiger partial charge in [0.25, 0.3) is 0 Å². The van der Waals surface area contributed by atoms with Gasteiger partial charge in [0.15, 0.2) is 0 Å². The summed E-state index contributed by atoms with van der Waals surface area (Å²) in [5.41, 5.74) is 4.87. The van der Waals surface area contributed by atoms with Gasteiger partial charge in [0.1, 0.15) is 0 Å². The quantitative estimate of drug-likeness (QED) is 0.857. The van der Waals surface area contributed by atoms with Gasteiger partial charge in [-0.25, -0.2) is 0 Å². The summed E-state index contributed by atoms with van der Waals surface area (Å²) in [4.78, 5) is 10.5. The van der Waals surface area contributed by atoms with Crippen LogP contribution in [0.3, 0.4) is 0 Å². The molecule has 1 aromatic carbocycles. The predicted octanol–water partition coefficient (Wildman–Crippen LogP) is 2.22. The van der Waals surface area contributed by atoms with Gasteiger partial charge >= 0.3 is 12.1 Å². The molecule has 3 N–H and O–H groups in total. The van der Waals surface area contributed by atoms with Crippen LogP contribution in [0.15, 0.2) is 24.3 Å². The van der Waals surface area contributed by atoms with Crippen molar-refractivity contribution in [2.24, 2.45) is 5.73 Å². The van der Waals surface area contributed by atoms with E-state index in [0.717, 1.165) is 12.1 Å². The predicted molar refractivity (Wildman–Crippen MR) is 55.5 cm³/mol. The van der Waals surface area contributed by atoms with Gasteiger partial charge in [-0.2, -0.15) is 13.2 Å². The molecule has 17 heavy (non-hydrogen) atoms. The third-order valence-corrected chi connectivity index (χ3v) is 2.39. The Morgan fingerprint density at radius 3 is 2.53 bits per heavy atom. The number of rotatable bonds is 4. The second kappa shape index (κ2) is 5.18. The highest BCUT2D eigenvalue weighted by Crippen LogP contribution is 2.31. The maximum absolute atomic E-state index is 12.5. The van der Waals surface area contributed by atoms with E-state index in [4.69, 9.17) is 10.8 Å². The summed E-state index contributed by atoms with van der Waals surface area (Å²) in [6.45, 7) is -0.00634. The average Bonchev–Trinajstić information content (AvgIpc) is 2.24. The number of hydrogen-bond donors (Lipinski definition) is 2. The van der Waals surface area contributed by atoms with Crippen LogP contribution in [0.1, 0.15) is 23.5 Å². The average molecular weight is 247 g/mol. The fourth-order valence-electron chi connectivity index (χ4n) is 1.52. The third-order valence-electron chi connectivity index (χ3n) is 2.39. The van der Waals surface area contributed by atoms with Crippen LogP contribution in [-0.2, 0) is 11.0 Å². The van der Waals surface area contributed by atoms with E-state index in [9.17, 15) is 18.0 Å². The molecule has 1 aromatic rings. The molecule has 0 radical (unpaired) electrons. The van der Waals surface area contributed by atoms with E-state index < -0.39 is 23.6 Å². The van der Waals surface area contributed by atoms with E-state index in [-0.39, 0.29) is 13.0 Å². The Kier molecular flexibility index (Phi) is 4.11. The van der Waals surface area contributed by atoms with E-state index >= 15 is 0 Å². The van der Waals surface area contributed by atoms with Crippen molar-refractivity contribution < 1.29 is 23.1 Å². The van der Waals surface area contributed by atoms with Crippen molar-refractivity contribution in [3.63, 3.8) is 0 Å². The molecule has 1 atom stereocenters. The van der Waals surface area contributed by atoms with Crippen LogP contribution in [0.2, 0.25) is 0 Å². The lowest BCUT2D eigenvalue weighted by Crippen LogP contribution is -2.17. The van der Waals surface area contributed by atoms with Crippen LogP contribution in [0, 0.1) is 0 Å². The molecule has 0 aliphatic carbocycles.